The Hall–Kier alpha value is -1.37. The van der Waals surface area contributed by atoms with E-state index in [1.807, 2.05) is 17.5 Å². The van der Waals surface area contributed by atoms with E-state index in [1.54, 1.807) is 11.3 Å². The van der Waals surface area contributed by atoms with Crippen LogP contribution in [0.5, 0.6) is 0 Å². The molecule has 5 nitrogen and oxygen atoms in total. The molecular weight excluding hydrogens is 326 g/mol. The molecule has 2 N–H and O–H groups in total. The minimum absolute atomic E-state index is 0.134. The third-order valence-corrected chi connectivity index (χ3v) is 5.49. The van der Waals surface area contributed by atoms with E-state index in [9.17, 15) is 4.79 Å². The van der Waals surface area contributed by atoms with Crippen LogP contribution in [0.4, 0.5) is 0 Å². The molecule has 6 heteroatoms. The SMILES string of the molecule is O=C(NC1CCC1)C1=C[C@@H](c2cccs2)C[C@@H](OCCCCO)O1. The molecule has 3 rings (SSSR count). The summed E-state index contributed by atoms with van der Waals surface area (Å²) in [4.78, 5) is 13.7. The van der Waals surface area contributed by atoms with Crippen LogP contribution in [0.15, 0.2) is 29.3 Å². The lowest BCUT2D eigenvalue weighted by Crippen LogP contribution is -2.42. The van der Waals surface area contributed by atoms with Crippen molar-refractivity contribution < 1.29 is 19.4 Å². The number of nitrogens with one attached hydrogen (secondary N) is 1. The van der Waals surface area contributed by atoms with E-state index in [4.69, 9.17) is 14.6 Å². The molecule has 2 atom stereocenters. The third kappa shape index (κ3) is 4.59. The number of thiophene rings is 1. The van der Waals surface area contributed by atoms with E-state index in [0.717, 1.165) is 19.3 Å². The van der Waals surface area contributed by atoms with Crippen molar-refractivity contribution in [2.45, 2.75) is 56.8 Å². The monoisotopic (exact) mass is 351 g/mol. The fraction of sp³-hybridized carbons (Fsp3) is 0.611. The van der Waals surface area contributed by atoms with Crippen molar-refractivity contribution in [2.24, 2.45) is 0 Å². The third-order valence-electron chi connectivity index (χ3n) is 4.49. The second-order valence-corrected chi connectivity index (χ2v) is 7.32. The number of allylic oxidation sites excluding steroid dienone is 1. The molecule has 0 spiro atoms. The van der Waals surface area contributed by atoms with Crippen LogP contribution in [0.25, 0.3) is 0 Å². The zero-order chi connectivity index (χ0) is 16.8. The minimum atomic E-state index is -0.414. The number of rotatable bonds is 8. The van der Waals surface area contributed by atoms with Crippen LogP contribution >= 0.6 is 11.3 Å². The molecule has 1 aromatic rings. The summed E-state index contributed by atoms with van der Waals surface area (Å²) in [5.74, 6) is 0.382. The molecule has 132 valence electrons. The van der Waals surface area contributed by atoms with E-state index >= 15 is 0 Å². The van der Waals surface area contributed by atoms with Gasteiger partial charge in [0.2, 0.25) is 6.29 Å². The van der Waals surface area contributed by atoms with Gasteiger partial charge in [-0.1, -0.05) is 6.07 Å². The van der Waals surface area contributed by atoms with Crippen molar-refractivity contribution in [1.29, 1.82) is 0 Å². The summed E-state index contributed by atoms with van der Waals surface area (Å²) in [6.45, 7) is 0.696. The van der Waals surface area contributed by atoms with E-state index < -0.39 is 6.29 Å². The minimum Gasteiger partial charge on any atom is -0.459 e. The van der Waals surface area contributed by atoms with Gasteiger partial charge in [0.05, 0.1) is 6.61 Å². The number of amides is 1. The van der Waals surface area contributed by atoms with Gasteiger partial charge in [0.15, 0.2) is 5.76 Å². The van der Waals surface area contributed by atoms with E-state index in [1.165, 1.54) is 11.3 Å². The molecule has 24 heavy (non-hydrogen) atoms. The van der Waals surface area contributed by atoms with Gasteiger partial charge in [-0.2, -0.15) is 0 Å². The Kier molecular flexibility index (Phi) is 6.29. The number of unbranched alkanes of at least 4 members (excludes halogenated alkanes) is 1. The maximum Gasteiger partial charge on any atom is 0.286 e. The van der Waals surface area contributed by atoms with E-state index in [2.05, 4.69) is 11.4 Å². The first-order valence-electron chi connectivity index (χ1n) is 8.71. The number of ether oxygens (including phenoxy) is 2. The maximum atomic E-state index is 12.4. The Morgan fingerprint density at radius 1 is 1.42 bits per heavy atom. The first-order chi connectivity index (χ1) is 11.8. The molecule has 1 aromatic heterocycles. The first kappa shape index (κ1) is 17.5. The molecule has 0 radical (unpaired) electrons. The van der Waals surface area contributed by atoms with E-state index in [-0.39, 0.29) is 24.5 Å². The summed E-state index contributed by atoms with van der Waals surface area (Å²) in [6.07, 6.45) is 7.00. The average molecular weight is 351 g/mol. The molecule has 0 bridgehead atoms. The molecule has 1 saturated carbocycles. The molecule has 0 saturated heterocycles. The van der Waals surface area contributed by atoms with Crippen LogP contribution in [-0.2, 0) is 14.3 Å². The Morgan fingerprint density at radius 2 is 2.29 bits per heavy atom. The molecule has 1 amide bonds. The normalized spacial score (nSPS) is 24.0. The highest BCUT2D eigenvalue weighted by molar-refractivity contribution is 7.10. The standard InChI is InChI=1S/C18H25NO4S/c20-8-1-2-9-22-17-12-13(16-7-4-10-24-16)11-15(23-17)18(21)19-14-5-3-6-14/h4,7,10-11,13-14,17,20H,1-3,5-6,8-9,12H2,(H,19,21)/t13-,17+/m1/s1. The molecule has 2 aliphatic rings. The first-order valence-corrected chi connectivity index (χ1v) is 9.59. The van der Waals surface area contributed by atoms with Crippen LogP contribution in [0.3, 0.4) is 0 Å². The van der Waals surface area contributed by atoms with Crippen LogP contribution in [0.1, 0.15) is 49.3 Å². The summed E-state index contributed by atoms with van der Waals surface area (Å²) >= 11 is 1.69. The maximum absolute atomic E-state index is 12.4. The highest BCUT2D eigenvalue weighted by atomic mass is 32.1. The number of hydrogen-bond acceptors (Lipinski definition) is 5. The lowest BCUT2D eigenvalue weighted by molar-refractivity contribution is -0.147. The highest BCUT2D eigenvalue weighted by Crippen LogP contribution is 2.34. The molecular formula is C18H25NO4S. The van der Waals surface area contributed by atoms with E-state index in [0.29, 0.717) is 25.2 Å². The average Bonchev–Trinajstić information content (AvgIpc) is 3.09. The van der Waals surface area contributed by atoms with Crippen molar-refractivity contribution >= 4 is 17.2 Å². The van der Waals surface area contributed by atoms with Gasteiger partial charge in [-0.15, -0.1) is 11.3 Å². The smallest absolute Gasteiger partial charge is 0.286 e. The quantitative estimate of drug-likeness (QED) is 0.707. The summed E-state index contributed by atoms with van der Waals surface area (Å²) in [6, 6.07) is 4.39. The van der Waals surface area contributed by atoms with Crippen LogP contribution in [-0.4, -0.2) is 36.6 Å². The van der Waals surface area contributed by atoms with Gasteiger partial charge in [0, 0.05) is 29.9 Å². The number of carbonyl (C=O) groups excluding carboxylic acids is 1. The Morgan fingerprint density at radius 3 is 2.96 bits per heavy atom. The van der Waals surface area contributed by atoms with Crippen LogP contribution in [0.2, 0.25) is 0 Å². The fourth-order valence-electron chi connectivity index (χ4n) is 2.86. The highest BCUT2D eigenvalue weighted by Gasteiger charge is 2.30. The molecule has 0 aromatic carbocycles. The topological polar surface area (TPSA) is 67.8 Å². The van der Waals surface area contributed by atoms with Crippen molar-refractivity contribution in [3.8, 4) is 0 Å². The van der Waals surface area contributed by atoms with Crippen molar-refractivity contribution in [2.75, 3.05) is 13.2 Å². The zero-order valence-corrected chi connectivity index (χ0v) is 14.6. The summed E-state index contributed by atoms with van der Waals surface area (Å²) in [5, 5.41) is 13.9. The number of aliphatic hydroxyl groups excluding tert-OH is 1. The molecule has 2 heterocycles. The van der Waals surface area contributed by atoms with Crippen LogP contribution < -0.4 is 5.32 Å². The predicted molar refractivity (Wildman–Crippen MR) is 92.7 cm³/mol. The number of aliphatic hydroxyl groups is 1. The second kappa shape index (κ2) is 8.65. The van der Waals surface area contributed by atoms with Crippen LogP contribution in [0, 0.1) is 0 Å². The summed E-state index contributed by atoms with van der Waals surface area (Å²) in [7, 11) is 0. The molecule has 1 fully saturated rings. The number of carbonyl (C=O) groups is 1. The Bertz CT molecular complexity index is 553. The Balaban J connectivity index is 1.63. The predicted octanol–water partition coefficient (Wildman–Crippen LogP) is 2.92. The largest absolute Gasteiger partial charge is 0.459 e. The zero-order valence-electron chi connectivity index (χ0n) is 13.8. The summed E-state index contributed by atoms with van der Waals surface area (Å²) < 4.78 is 11.6. The van der Waals surface area contributed by atoms with Gasteiger partial charge < -0.3 is 19.9 Å². The fourth-order valence-corrected chi connectivity index (χ4v) is 3.67. The van der Waals surface area contributed by atoms with Crippen molar-refractivity contribution in [3.63, 3.8) is 0 Å². The molecule has 1 aliphatic heterocycles. The van der Waals surface area contributed by atoms with Crippen molar-refractivity contribution in [1.82, 2.24) is 5.32 Å². The lowest BCUT2D eigenvalue weighted by Gasteiger charge is -2.31. The Labute approximate surface area is 146 Å². The van der Waals surface area contributed by atoms with Gasteiger partial charge in [0.1, 0.15) is 0 Å². The van der Waals surface area contributed by atoms with Gasteiger partial charge in [-0.25, -0.2) is 0 Å². The lowest BCUT2D eigenvalue weighted by atomic mass is 9.93. The van der Waals surface area contributed by atoms with Crippen molar-refractivity contribution in [3.05, 3.63) is 34.2 Å². The van der Waals surface area contributed by atoms with Gasteiger partial charge in [-0.05, 0) is 49.6 Å². The van der Waals surface area contributed by atoms with Gasteiger partial charge >= 0.3 is 0 Å². The molecule has 1 aliphatic carbocycles. The number of hydrogen-bond donors (Lipinski definition) is 2. The van der Waals surface area contributed by atoms with Gasteiger partial charge in [-0.3, -0.25) is 4.79 Å². The van der Waals surface area contributed by atoms with Gasteiger partial charge in [0.25, 0.3) is 5.91 Å². The molecule has 0 unspecified atom stereocenters. The summed E-state index contributed by atoms with van der Waals surface area (Å²) in [5.41, 5.74) is 0. The second-order valence-electron chi connectivity index (χ2n) is 6.34.